The monoisotopic (exact) mass is 259 g/mol. The number of methoxy groups -OCH3 is 1. The summed E-state index contributed by atoms with van der Waals surface area (Å²) in [7, 11) is 1.56. The van der Waals surface area contributed by atoms with Gasteiger partial charge in [-0.15, -0.1) is 0 Å². The molecule has 0 aromatic heterocycles. The molecule has 0 fully saturated rings. The Morgan fingerprint density at radius 1 is 1.47 bits per heavy atom. The number of esters is 1. The van der Waals surface area contributed by atoms with Gasteiger partial charge in [-0.05, 0) is 30.2 Å². The summed E-state index contributed by atoms with van der Waals surface area (Å²) in [5.74, 6) is 0.0872. The van der Waals surface area contributed by atoms with Gasteiger partial charge in [0.05, 0.1) is 13.7 Å². The van der Waals surface area contributed by atoms with Crippen molar-refractivity contribution in [3.63, 3.8) is 0 Å². The molecule has 0 aliphatic heterocycles. The number of unbranched alkanes of at least 4 members (excludes halogenated alkanes) is 1. The maximum Gasteiger partial charge on any atom is 0.348 e. The Kier molecular flexibility index (Phi) is 6.17. The molecule has 4 nitrogen and oxygen atoms in total. The van der Waals surface area contributed by atoms with Crippen molar-refractivity contribution < 1.29 is 14.3 Å². The SMILES string of the molecule is CCCCOC(=O)/C(C#N)=C\c1cccc(OC)c1. The topological polar surface area (TPSA) is 59.3 Å². The summed E-state index contributed by atoms with van der Waals surface area (Å²) < 4.78 is 10.1. The van der Waals surface area contributed by atoms with Crippen molar-refractivity contribution in [1.29, 1.82) is 5.26 Å². The molecular weight excluding hydrogens is 242 g/mol. The first kappa shape index (κ1) is 14.8. The third-order valence-electron chi connectivity index (χ3n) is 2.48. The normalized spacial score (nSPS) is 10.7. The zero-order valence-electron chi connectivity index (χ0n) is 11.2. The number of carbonyl (C=O) groups excluding carboxylic acids is 1. The van der Waals surface area contributed by atoms with Gasteiger partial charge in [-0.3, -0.25) is 0 Å². The number of hydrogen-bond acceptors (Lipinski definition) is 4. The van der Waals surface area contributed by atoms with Crippen LogP contribution in [-0.4, -0.2) is 19.7 Å². The first-order valence-corrected chi connectivity index (χ1v) is 6.14. The van der Waals surface area contributed by atoms with Gasteiger partial charge in [0.15, 0.2) is 0 Å². The number of ether oxygens (including phenoxy) is 2. The standard InChI is InChI=1S/C15H17NO3/c1-3-4-8-19-15(17)13(11-16)9-12-6-5-7-14(10-12)18-2/h5-7,9-10H,3-4,8H2,1-2H3/b13-9-. The fourth-order valence-corrected chi connectivity index (χ4v) is 1.42. The third kappa shape index (κ3) is 4.84. The molecule has 0 heterocycles. The molecule has 0 N–H and O–H groups in total. The van der Waals surface area contributed by atoms with E-state index in [0.717, 1.165) is 18.4 Å². The molecule has 4 heteroatoms. The molecular formula is C15H17NO3. The second-order valence-corrected chi connectivity index (χ2v) is 3.94. The van der Waals surface area contributed by atoms with Crippen LogP contribution in [0, 0.1) is 11.3 Å². The van der Waals surface area contributed by atoms with Crippen LogP contribution in [-0.2, 0) is 9.53 Å². The zero-order valence-corrected chi connectivity index (χ0v) is 11.2. The number of benzene rings is 1. The van der Waals surface area contributed by atoms with Gasteiger partial charge < -0.3 is 9.47 Å². The molecule has 1 rings (SSSR count). The summed E-state index contributed by atoms with van der Waals surface area (Å²) in [4.78, 5) is 11.7. The van der Waals surface area contributed by atoms with Gasteiger partial charge in [-0.25, -0.2) is 4.79 Å². The smallest absolute Gasteiger partial charge is 0.348 e. The van der Waals surface area contributed by atoms with E-state index in [0.29, 0.717) is 12.4 Å². The lowest BCUT2D eigenvalue weighted by Crippen LogP contribution is -2.07. The highest BCUT2D eigenvalue weighted by Gasteiger charge is 2.10. The molecule has 0 aliphatic rings. The van der Waals surface area contributed by atoms with Crippen molar-refractivity contribution in [2.75, 3.05) is 13.7 Å². The Balaban J connectivity index is 2.80. The minimum absolute atomic E-state index is 0.00986. The minimum Gasteiger partial charge on any atom is -0.497 e. The molecule has 0 amide bonds. The van der Waals surface area contributed by atoms with Gasteiger partial charge >= 0.3 is 5.97 Å². The quantitative estimate of drug-likeness (QED) is 0.341. The molecule has 1 aromatic rings. The predicted molar refractivity (Wildman–Crippen MR) is 72.5 cm³/mol. The van der Waals surface area contributed by atoms with Crippen molar-refractivity contribution in [1.82, 2.24) is 0 Å². The van der Waals surface area contributed by atoms with Gasteiger partial charge in [0.25, 0.3) is 0 Å². The average Bonchev–Trinajstić information content (AvgIpc) is 2.45. The maximum absolute atomic E-state index is 11.7. The summed E-state index contributed by atoms with van der Waals surface area (Å²) in [6, 6.07) is 8.99. The summed E-state index contributed by atoms with van der Waals surface area (Å²) in [5, 5.41) is 8.99. The van der Waals surface area contributed by atoms with Gasteiger partial charge in [0, 0.05) is 0 Å². The van der Waals surface area contributed by atoms with Crippen LogP contribution in [0.4, 0.5) is 0 Å². The Hall–Kier alpha value is -2.28. The lowest BCUT2D eigenvalue weighted by molar-refractivity contribution is -0.138. The Bertz CT molecular complexity index is 500. The van der Waals surface area contributed by atoms with Crippen LogP contribution in [0.15, 0.2) is 29.8 Å². The van der Waals surface area contributed by atoms with Crippen LogP contribution in [0.3, 0.4) is 0 Å². The van der Waals surface area contributed by atoms with E-state index in [9.17, 15) is 4.79 Å². The largest absolute Gasteiger partial charge is 0.497 e. The highest BCUT2D eigenvalue weighted by Crippen LogP contribution is 2.15. The Morgan fingerprint density at radius 2 is 2.26 bits per heavy atom. The molecule has 0 atom stereocenters. The minimum atomic E-state index is -0.584. The molecule has 1 aromatic carbocycles. The summed E-state index contributed by atoms with van der Waals surface area (Å²) in [6.45, 7) is 2.34. The van der Waals surface area contributed by atoms with Gasteiger partial charge in [-0.2, -0.15) is 5.26 Å². The van der Waals surface area contributed by atoms with Crippen molar-refractivity contribution >= 4 is 12.0 Å². The number of nitrogens with zero attached hydrogens (tertiary/aromatic N) is 1. The van der Waals surface area contributed by atoms with Crippen molar-refractivity contribution in [3.05, 3.63) is 35.4 Å². The van der Waals surface area contributed by atoms with E-state index < -0.39 is 5.97 Å². The van der Waals surface area contributed by atoms with E-state index >= 15 is 0 Å². The first-order chi connectivity index (χ1) is 9.21. The molecule has 0 aliphatic carbocycles. The van der Waals surface area contributed by atoms with Gasteiger partial charge in [0.2, 0.25) is 0 Å². The van der Waals surface area contributed by atoms with E-state index in [1.165, 1.54) is 6.08 Å². The van der Waals surface area contributed by atoms with Crippen molar-refractivity contribution in [2.45, 2.75) is 19.8 Å². The average molecular weight is 259 g/mol. The number of nitriles is 1. The Labute approximate surface area is 113 Å². The highest BCUT2D eigenvalue weighted by molar-refractivity contribution is 5.97. The molecule has 0 bridgehead atoms. The van der Waals surface area contributed by atoms with Crippen LogP contribution >= 0.6 is 0 Å². The zero-order chi connectivity index (χ0) is 14.1. The van der Waals surface area contributed by atoms with Crippen molar-refractivity contribution in [2.24, 2.45) is 0 Å². The van der Waals surface area contributed by atoms with Gasteiger partial charge in [0.1, 0.15) is 17.4 Å². The highest BCUT2D eigenvalue weighted by atomic mass is 16.5. The van der Waals surface area contributed by atoms with E-state index in [1.54, 1.807) is 31.4 Å². The summed E-state index contributed by atoms with van der Waals surface area (Å²) >= 11 is 0. The van der Waals surface area contributed by atoms with E-state index in [1.807, 2.05) is 13.0 Å². The number of hydrogen-bond donors (Lipinski definition) is 0. The molecule has 0 saturated heterocycles. The van der Waals surface area contributed by atoms with Gasteiger partial charge in [-0.1, -0.05) is 25.5 Å². The summed E-state index contributed by atoms with van der Waals surface area (Å²) in [6.07, 6.45) is 3.23. The van der Waals surface area contributed by atoms with Crippen LogP contribution in [0.5, 0.6) is 5.75 Å². The Morgan fingerprint density at radius 3 is 2.89 bits per heavy atom. The molecule has 0 unspecified atom stereocenters. The predicted octanol–water partition coefficient (Wildman–Crippen LogP) is 2.95. The number of carbonyl (C=O) groups is 1. The van der Waals surface area contributed by atoms with Crippen LogP contribution in [0.25, 0.3) is 6.08 Å². The number of rotatable bonds is 6. The maximum atomic E-state index is 11.7. The third-order valence-corrected chi connectivity index (χ3v) is 2.48. The second-order valence-electron chi connectivity index (χ2n) is 3.94. The van der Waals surface area contributed by atoms with Crippen molar-refractivity contribution in [3.8, 4) is 11.8 Å². The molecule has 0 spiro atoms. The van der Waals surface area contributed by atoms with Crippen LogP contribution < -0.4 is 4.74 Å². The summed E-state index contributed by atoms with van der Waals surface area (Å²) in [5.41, 5.74) is 0.715. The second kappa shape index (κ2) is 7.93. The first-order valence-electron chi connectivity index (χ1n) is 6.14. The lowest BCUT2D eigenvalue weighted by atomic mass is 10.1. The van der Waals surface area contributed by atoms with Crippen LogP contribution in [0.1, 0.15) is 25.3 Å². The fraction of sp³-hybridized carbons (Fsp3) is 0.333. The fourth-order valence-electron chi connectivity index (χ4n) is 1.42. The van der Waals surface area contributed by atoms with E-state index in [-0.39, 0.29) is 5.57 Å². The lowest BCUT2D eigenvalue weighted by Gasteiger charge is -2.03. The van der Waals surface area contributed by atoms with E-state index in [2.05, 4.69) is 0 Å². The van der Waals surface area contributed by atoms with Crippen LogP contribution in [0.2, 0.25) is 0 Å². The molecule has 0 radical (unpaired) electrons. The molecule has 0 saturated carbocycles. The van der Waals surface area contributed by atoms with E-state index in [4.69, 9.17) is 14.7 Å². The molecule has 19 heavy (non-hydrogen) atoms. The molecule has 100 valence electrons.